The SMILES string of the molecule is CC/C(=C\C=C/C(C)C)NC(C)(C)CC(=O)OC. The predicted octanol–water partition coefficient (Wildman–Crippen LogP) is 3.42. The first kappa shape index (κ1) is 16.8. The first-order valence-corrected chi connectivity index (χ1v) is 6.53. The van der Waals surface area contributed by atoms with Gasteiger partial charge in [-0.25, -0.2) is 0 Å². The molecule has 3 nitrogen and oxygen atoms in total. The van der Waals surface area contributed by atoms with Crippen molar-refractivity contribution in [1.82, 2.24) is 5.32 Å². The Labute approximate surface area is 111 Å². The van der Waals surface area contributed by atoms with Crippen molar-refractivity contribution in [3.63, 3.8) is 0 Å². The Morgan fingerprint density at radius 1 is 1.39 bits per heavy atom. The van der Waals surface area contributed by atoms with Crippen LogP contribution in [0.3, 0.4) is 0 Å². The van der Waals surface area contributed by atoms with E-state index in [-0.39, 0.29) is 11.5 Å². The highest BCUT2D eigenvalue weighted by Gasteiger charge is 2.22. The number of rotatable bonds is 7. The van der Waals surface area contributed by atoms with Crippen molar-refractivity contribution >= 4 is 5.97 Å². The standard InChI is InChI=1S/C15H27NO2/c1-7-13(10-8-9-12(2)3)16-15(4,5)11-14(17)18-6/h8-10,12,16H,7,11H2,1-6H3/b9-8-,13-10+. The summed E-state index contributed by atoms with van der Waals surface area (Å²) in [6.45, 7) is 10.4. The zero-order chi connectivity index (χ0) is 14.2. The number of carbonyl (C=O) groups is 1. The van der Waals surface area contributed by atoms with Gasteiger partial charge in [-0.1, -0.05) is 32.9 Å². The summed E-state index contributed by atoms with van der Waals surface area (Å²) in [5.41, 5.74) is 0.835. The Bertz CT molecular complexity index is 314. The average Bonchev–Trinajstić information content (AvgIpc) is 2.26. The molecule has 0 spiro atoms. The number of allylic oxidation sites excluding steroid dienone is 4. The van der Waals surface area contributed by atoms with E-state index in [1.165, 1.54) is 7.11 Å². The number of ether oxygens (including phenoxy) is 1. The molecule has 0 saturated heterocycles. The van der Waals surface area contributed by atoms with E-state index in [0.29, 0.717) is 12.3 Å². The van der Waals surface area contributed by atoms with Gasteiger partial charge in [0.2, 0.25) is 0 Å². The number of methoxy groups -OCH3 is 1. The van der Waals surface area contributed by atoms with Crippen LogP contribution in [0.25, 0.3) is 0 Å². The second-order valence-corrected chi connectivity index (χ2v) is 5.44. The highest BCUT2D eigenvalue weighted by Crippen LogP contribution is 2.13. The van der Waals surface area contributed by atoms with Gasteiger partial charge < -0.3 is 10.1 Å². The van der Waals surface area contributed by atoms with Crippen molar-refractivity contribution in [1.29, 1.82) is 0 Å². The quantitative estimate of drug-likeness (QED) is 0.558. The molecule has 3 heteroatoms. The van der Waals surface area contributed by atoms with Crippen LogP contribution in [0.4, 0.5) is 0 Å². The first-order chi connectivity index (χ1) is 8.30. The first-order valence-electron chi connectivity index (χ1n) is 6.53. The van der Waals surface area contributed by atoms with E-state index in [2.05, 4.69) is 44.3 Å². The average molecular weight is 253 g/mol. The number of hydrogen-bond donors (Lipinski definition) is 1. The summed E-state index contributed by atoms with van der Waals surface area (Å²) < 4.78 is 4.70. The molecule has 0 aromatic rings. The third-order valence-electron chi connectivity index (χ3n) is 2.49. The monoisotopic (exact) mass is 253 g/mol. The summed E-state index contributed by atoms with van der Waals surface area (Å²) in [6.07, 6.45) is 7.54. The van der Waals surface area contributed by atoms with Gasteiger partial charge in [0.25, 0.3) is 0 Å². The minimum atomic E-state index is -0.291. The Hall–Kier alpha value is -1.25. The molecule has 0 aliphatic heterocycles. The van der Waals surface area contributed by atoms with Crippen LogP contribution >= 0.6 is 0 Å². The highest BCUT2D eigenvalue weighted by molar-refractivity contribution is 5.70. The number of carbonyl (C=O) groups excluding carboxylic acids is 1. The van der Waals surface area contributed by atoms with Crippen LogP contribution in [0.2, 0.25) is 0 Å². The number of nitrogens with one attached hydrogen (secondary N) is 1. The molecule has 0 fully saturated rings. The number of hydrogen-bond acceptors (Lipinski definition) is 3. The van der Waals surface area contributed by atoms with Gasteiger partial charge in [0.15, 0.2) is 0 Å². The lowest BCUT2D eigenvalue weighted by Crippen LogP contribution is -2.40. The summed E-state index contributed by atoms with van der Waals surface area (Å²) in [7, 11) is 1.42. The zero-order valence-corrected chi connectivity index (χ0v) is 12.5. The van der Waals surface area contributed by atoms with Gasteiger partial charge in [0, 0.05) is 11.2 Å². The van der Waals surface area contributed by atoms with Crippen molar-refractivity contribution in [2.24, 2.45) is 5.92 Å². The lowest BCUT2D eigenvalue weighted by Gasteiger charge is -2.27. The maximum Gasteiger partial charge on any atom is 0.307 e. The van der Waals surface area contributed by atoms with Crippen molar-refractivity contribution in [2.75, 3.05) is 7.11 Å². The van der Waals surface area contributed by atoms with E-state index in [4.69, 9.17) is 4.74 Å². The maximum atomic E-state index is 11.3. The minimum Gasteiger partial charge on any atom is -0.469 e. The third-order valence-corrected chi connectivity index (χ3v) is 2.49. The van der Waals surface area contributed by atoms with Gasteiger partial charge >= 0.3 is 5.97 Å². The molecule has 0 amide bonds. The Kier molecular flexibility index (Phi) is 7.41. The van der Waals surface area contributed by atoms with Crippen LogP contribution in [0.5, 0.6) is 0 Å². The number of esters is 1. The molecule has 0 atom stereocenters. The van der Waals surface area contributed by atoms with Crippen molar-refractivity contribution in [2.45, 2.75) is 53.0 Å². The molecule has 0 aliphatic carbocycles. The molecular weight excluding hydrogens is 226 g/mol. The zero-order valence-electron chi connectivity index (χ0n) is 12.5. The van der Waals surface area contributed by atoms with Gasteiger partial charge in [0.05, 0.1) is 13.5 Å². The van der Waals surface area contributed by atoms with Crippen molar-refractivity contribution in [3.8, 4) is 0 Å². The van der Waals surface area contributed by atoms with E-state index in [9.17, 15) is 4.79 Å². The van der Waals surface area contributed by atoms with Crippen molar-refractivity contribution in [3.05, 3.63) is 23.9 Å². The summed E-state index contributed by atoms with van der Waals surface area (Å²) in [4.78, 5) is 11.3. The Balaban J connectivity index is 4.56. The normalized spacial score (nSPS) is 13.2. The molecule has 0 bridgehead atoms. The summed E-state index contributed by atoms with van der Waals surface area (Å²) in [5.74, 6) is 0.350. The van der Waals surface area contributed by atoms with Crippen LogP contribution < -0.4 is 5.32 Å². The maximum absolute atomic E-state index is 11.3. The molecule has 0 aromatic carbocycles. The second-order valence-electron chi connectivity index (χ2n) is 5.44. The Morgan fingerprint density at radius 2 is 2.00 bits per heavy atom. The summed E-state index contributed by atoms with van der Waals surface area (Å²) in [5, 5.41) is 3.39. The van der Waals surface area contributed by atoms with Crippen molar-refractivity contribution < 1.29 is 9.53 Å². The summed E-state index contributed by atoms with van der Waals surface area (Å²) >= 11 is 0. The van der Waals surface area contributed by atoms with Gasteiger partial charge in [-0.2, -0.15) is 0 Å². The highest BCUT2D eigenvalue weighted by atomic mass is 16.5. The van der Waals surface area contributed by atoms with Crippen LogP contribution in [0, 0.1) is 5.92 Å². The fourth-order valence-corrected chi connectivity index (χ4v) is 1.55. The third kappa shape index (κ3) is 7.93. The summed E-state index contributed by atoms with van der Waals surface area (Å²) in [6, 6.07) is 0. The van der Waals surface area contributed by atoms with Gasteiger partial charge in [-0.3, -0.25) is 4.79 Å². The molecule has 104 valence electrons. The molecule has 0 radical (unpaired) electrons. The molecule has 0 saturated carbocycles. The molecule has 1 N–H and O–H groups in total. The van der Waals surface area contributed by atoms with E-state index in [1.54, 1.807) is 0 Å². The fourth-order valence-electron chi connectivity index (χ4n) is 1.55. The van der Waals surface area contributed by atoms with E-state index in [1.807, 2.05) is 13.8 Å². The molecular formula is C15H27NO2. The largest absolute Gasteiger partial charge is 0.469 e. The van der Waals surface area contributed by atoms with Crippen LogP contribution in [0.1, 0.15) is 47.5 Å². The molecule has 0 aromatic heterocycles. The van der Waals surface area contributed by atoms with Gasteiger partial charge in [-0.15, -0.1) is 0 Å². The molecule has 0 unspecified atom stereocenters. The van der Waals surface area contributed by atoms with E-state index in [0.717, 1.165) is 12.1 Å². The smallest absolute Gasteiger partial charge is 0.307 e. The van der Waals surface area contributed by atoms with Crippen LogP contribution in [0.15, 0.2) is 23.9 Å². The molecule has 18 heavy (non-hydrogen) atoms. The lowest BCUT2D eigenvalue weighted by atomic mass is 10.00. The molecule has 0 aliphatic rings. The minimum absolute atomic E-state index is 0.194. The molecule has 0 heterocycles. The topological polar surface area (TPSA) is 38.3 Å². The van der Waals surface area contributed by atoms with Gasteiger partial charge in [-0.05, 0) is 32.3 Å². The Morgan fingerprint density at radius 3 is 2.44 bits per heavy atom. The van der Waals surface area contributed by atoms with Gasteiger partial charge in [0.1, 0.15) is 0 Å². The fraction of sp³-hybridized carbons (Fsp3) is 0.667. The van der Waals surface area contributed by atoms with E-state index < -0.39 is 0 Å². The lowest BCUT2D eigenvalue weighted by molar-refractivity contribution is -0.141. The predicted molar refractivity (Wildman–Crippen MR) is 76.2 cm³/mol. The van der Waals surface area contributed by atoms with Crippen LogP contribution in [-0.4, -0.2) is 18.6 Å². The van der Waals surface area contributed by atoms with E-state index >= 15 is 0 Å². The second kappa shape index (κ2) is 7.96. The van der Waals surface area contributed by atoms with Crippen LogP contribution in [-0.2, 0) is 9.53 Å². The molecule has 0 rings (SSSR count).